The number of Topliss-reactive ketones (excluding diaryl/α,β-unsaturated/α-hetero) is 1. The summed E-state index contributed by atoms with van der Waals surface area (Å²) in [5.74, 6) is 0.688. The number of aromatic nitrogens is 2. The first-order valence-corrected chi connectivity index (χ1v) is 6.44. The second-order valence-electron chi connectivity index (χ2n) is 4.92. The summed E-state index contributed by atoms with van der Waals surface area (Å²) in [6, 6.07) is 0. The molecule has 5 nitrogen and oxygen atoms in total. The minimum absolute atomic E-state index is 0.0365. The predicted molar refractivity (Wildman–Crippen MR) is 69.5 cm³/mol. The van der Waals surface area contributed by atoms with E-state index in [0.717, 1.165) is 19.6 Å². The molecule has 1 aromatic heterocycles. The molecule has 0 saturated carbocycles. The highest BCUT2D eigenvalue weighted by Crippen LogP contribution is 2.11. The molecule has 0 spiro atoms. The SMILES string of the molecule is CN(CC(=O)c1cnccn1)CC1CCCNC1. The van der Waals surface area contributed by atoms with Gasteiger partial charge < -0.3 is 5.32 Å². The molecule has 0 bridgehead atoms. The van der Waals surface area contributed by atoms with Crippen molar-refractivity contribution in [3.05, 3.63) is 24.3 Å². The molecule has 98 valence electrons. The van der Waals surface area contributed by atoms with E-state index in [0.29, 0.717) is 18.2 Å². The van der Waals surface area contributed by atoms with Crippen LogP contribution >= 0.6 is 0 Å². The standard InChI is InChI=1S/C13H20N4O/c1-17(9-11-3-2-4-14-7-11)10-13(18)12-8-15-5-6-16-12/h5-6,8,11,14H,2-4,7,9-10H2,1H3. The first-order chi connectivity index (χ1) is 8.75. The molecule has 1 atom stereocenters. The monoisotopic (exact) mass is 248 g/mol. The van der Waals surface area contributed by atoms with Crippen LogP contribution in [-0.4, -0.2) is 53.9 Å². The van der Waals surface area contributed by atoms with Crippen molar-refractivity contribution >= 4 is 5.78 Å². The Morgan fingerprint density at radius 2 is 2.44 bits per heavy atom. The largest absolute Gasteiger partial charge is 0.316 e. The normalized spacial score (nSPS) is 20.0. The summed E-state index contributed by atoms with van der Waals surface area (Å²) in [5.41, 5.74) is 0.450. The molecule has 0 radical (unpaired) electrons. The summed E-state index contributed by atoms with van der Waals surface area (Å²) in [4.78, 5) is 22.0. The molecule has 1 aromatic rings. The van der Waals surface area contributed by atoms with E-state index in [9.17, 15) is 4.79 Å². The number of carbonyl (C=O) groups excluding carboxylic acids is 1. The van der Waals surface area contributed by atoms with Crippen LogP contribution in [-0.2, 0) is 0 Å². The first-order valence-electron chi connectivity index (χ1n) is 6.44. The molecule has 1 unspecified atom stereocenters. The summed E-state index contributed by atoms with van der Waals surface area (Å²) >= 11 is 0. The minimum Gasteiger partial charge on any atom is -0.316 e. The number of ketones is 1. The fourth-order valence-corrected chi connectivity index (χ4v) is 2.35. The lowest BCUT2D eigenvalue weighted by atomic mass is 9.99. The molecule has 2 rings (SSSR count). The number of likely N-dealkylation sites (N-methyl/N-ethyl adjacent to an activating group) is 1. The summed E-state index contributed by atoms with van der Waals surface area (Å²) in [7, 11) is 1.99. The number of hydrogen-bond donors (Lipinski definition) is 1. The van der Waals surface area contributed by atoms with Crippen molar-refractivity contribution in [1.29, 1.82) is 0 Å². The Morgan fingerprint density at radius 3 is 3.11 bits per heavy atom. The van der Waals surface area contributed by atoms with E-state index in [1.54, 1.807) is 12.4 Å². The molecule has 2 heterocycles. The zero-order chi connectivity index (χ0) is 12.8. The van der Waals surface area contributed by atoms with Gasteiger partial charge in [-0.05, 0) is 38.9 Å². The van der Waals surface area contributed by atoms with Crippen LogP contribution in [0.4, 0.5) is 0 Å². The van der Waals surface area contributed by atoms with Crippen LogP contribution in [0.15, 0.2) is 18.6 Å². The molecule has 1 aliphatic rings. The van der Waals surface area contributed by atoms with Crippen molar-refractivity contribution in [2.45, 2.75) is 12.8 Å². The number of piperidine rings is 1. The van der Waals surface area contributed by atoms with Gasteiger partial charge in [0.25, 0.3) is 0 Å². The maximum atomic E-state index is 11.9. The molecule has 0 aliphatic carbocycles. The van der Waals surface area contributed by atoms with Gasteiger partial charge in [-0.2, -0.15) is 0 Å². The van der Waals surface area contributed by atoms with Gasteiger partial charge in [-0.3, -0.25) is 14.7 Å². The lowest BCUT2D eigenvalue weighted by Gasteiger charge is -2.27. The van der Waals surface area contributed by atoms with Gasteiger partial charge in [0.1, 0.15) is 5.69 Å². The Kier molecular flexibility index (Phi) is 4.78. The van der Waals surface area contributed by atoms with Gasteiger partial charge in [-0.25, -0.2) is 4.98 Å². The Morgan fingerprint density at radius 1 is 1.56 bits per heavy atom. The zero-order valence-electron chi connectivity index (χ0n) is 10.8. The van der Waals surface area contributed by atoms with Crippen LogP contribution in [0.2, 0.25) is 0 Å². The van der Waals surface area contributed by atoms with Crippen molar-refractivity contribution in [2.75, 3.05) is 33.2 Å². The van der Waals surface area contributed by atoms with Gasteiger partial charge in [0.15, 0.2) is 5.78 Å². The summed E-state index contributed by atoms with van der Waals surface area (Å²) in [5, 5.41) is 3.39. The maximum Gasteiger partial charge on any atom is 0.196 e. The molecule has 5 heteroatoms. The van der Waals surface area contributed by atoms with Gasteiger partial charge in [0.2, 0.25) is 0 Å². The van der Waals surface area contributed by atoms with Crippen LogP contribution in [0, 0.1) is 5.92 Å². The van der Waals surface area contributed by atoms with Crippen LogP contribution in [0.25, 0.3) is 0 Å². The third-order valence-corrected chi connectivity index (χ3v) is 3.23. The van der Waals surface area contributed by atoms with Gasteiger partial charge in [-0.1, -0.05) is 0 Å². The quantitative estimate of drug-likeness (QED) is 0.773. The Labute approximate surface area is 108 Å². The van der Waals surface area contributed by atoms with Gasteiger partial charge >= 0.3 is 0 Å². The molecule has 0 amide bonds. The molecule has 0 aromatic carbocycles. The lowest BCUT2D eigenvalue weighted by Crippen LogP contribution is -2.38. The van der Waals surface area contributed by atoms with E-state index >= 15 is 0 Å². The highest BCUT2D eigenvalue weighted by Gasteiger charge is 2.17. The van der Waals surface area contributed by atoms with E-state index in [1.807, 2.05) is 7.05 Å². The number of nitrogens with zero attached hydrogens (tertiary/aromatic N) is 3. The van der Waals surface area contributed by atoms with Crippen LogP contribution in [0.3, 0.4) is 0 Å². The minimum atomic E-state index is 0.0365. The Bertz CT molecular complexity index is 376. The zero-order valence-corrected chi connectivity index (χ0v) is 10.8. The number of rotatable bonds is 5. The smallest absolute Gasteiger partial charge is 0.196 e. The second-order valence-corrected chi connectivity index (χ2v) is 4.92. The van der Waals surface area contributed by atoms with E-state index < -0.39 is 0 Å². The fraction of sp³-hybridized carbons (Fsp3) is 0.615. The van der Waals surface area contributed by atoms with Crippen molar-refractivity contribution in [1.82, 2.24) is 20.2 Å². The van der Waals surface area contributed by atoms with Crippen molar-refractivity contribution in [2.24, 2.45) is 5.92 Å². The Balaban J connectivity index is 1.80. The maximum absolute atomic E-state index is 11.9. The van der Waals surface area contributed by atoms with Gasteiger partial charge in [0.05, 0.1) is 12.7 Å². The molecule has 1 aliphatic heterocycles. The number of nitrogens with one attached hydrogen (secondary N) is 1. The number of hydrogen-bond acceptors (Lipinski definition) is 5. The van der Waals surface area contributed by atoms with Crippen molar-refractivity contribution in [3.8, 4) is 0 Å². The average molecular weight is 248 g/mol. The van der Waals surface area contributed by atoms with E-state index in [-0.39, 0.29) is 5.78 Å². The molecule has 1 saturated heterocycles. The molecule has 1 N–H and O–H groups in total. The highest BCUT2D eigenvalue weighted by atomic mass is 16.1. The van der Waals surface area contributed by atoms with Gasteiger partial charge in [-0.15, -0.1) is 0 Å². The van der Waals surface area contributed by atoms with E-state index in [4.69, 9.17) is 0 Å². The third-order valence-electron chi connectivity index (χ3n) is 3.23. The third kappa shape index (κ3) is 3.85. The van der Waals surface area contributed by atoms with E-state index in [2.05, 4.69) is 20.2 Å². The summed E-state index contributed by atoms with van der Waals surface area (Å²) in [6.45, 7) is 3.55. The van der Waals surface area contributed by atoms with Crippen LogP contribution in [0.1, 0.15) is 23.3 Å². The van der Waals surface area contributed by atoms with Crippen molar-refractivity contribution < 1.29 is 4.79 Å². The summed E-state index contributed by atoms with van der Waals surface area (Å²) < 4.78 is 0. The van der Waals surface area contributed by atoms with Crippen LogP contribution < -0.4 is 5.32 Å². The lowest BCUT2D eigenvalue weighted by molar-refractivity contribution is 0.0928. The van der Waals surface area contributed by atoms with E-state index in [1.165, 1.54) is 19.0 Å². The molecule has 1 fully saturated rings. The predicted octanol–water partition coefficient (Wildman–Crippen LogP) is 0.591. The molecule has 18 heavy (non-hydrogen) atoms. The fourth-order valence-electron chi connectivity index (χ4n) is 2.35. The second kappa shape index (κ2) is 6.56. The topological polar surface area (TPSA) is 58.1 Å². The van der Waals surface area contributed by atoms with Gasteiger partial charge in [0, 0.05) is 18.9 Å². The average Bonchev–Trinajstić information content (AvgIpc) is 2.40. The molecular formula is C13H20N4O. The first kappa shape index (κ1) is 13.1. The van der Waals surface area contributed by atoms with Crippen LogP contribution in [0.5, 0.6) is 0 Å². The highest BCUT2D eigenvalue weighted by molar-refractivity contribution is 5.95. The number of carbonyl (C=O) groups is 1. The summed E-state index contributed by atoms with van der Waals surface area (Å²) in [6.07, 6.45) is 7.14. The molecular weight excluding hydrogens is 228 g/mol. The Hall–Kier alpha value is -1.33. The van der Waals surface area contributed by atoms with Crippen molar-refractivity contribution in [3.63, 3.8) is 0 Å².